The molecule has 0 aliphatic rings. The molecule has 0 unspecified atom stereocenters. The molecule has 0 rings (SSSR count). The largest absolute Gasteiger partial charge is 2.00 e. The van der Waals surface area contributed by atoms with Crippen LogP contribution in [-0.2, 0) is 22.5 Å². The minimum atomic E-state index is -0.125. The second-order valence-corrected chi connectivity index (χ2v) is 0.447. The van der Waals surface area contributed by atoms with Gasteiger partial charge in [-0.25, -0.2) is 0 Å². The molecule has 0 saturated carbocycles. The minimum absolute atomic E-state index is 0. The van der Waals surface area contributed by atoms with Crippen molar-refractivity contribution in [2.75, 3.05) is 13.2 Å². The molecule has 43 valence electrons. The van der Waals surface area contributed by atoms with E-state index < -0.39 is 0 Å². The van der Waals surface area contributed by atoms with Crippen molar-refractivity contribution in [2.45, 2.75) is 0 Å². The van der Waals surface area contributed by atoms with Crippen molar-refractivity contribution in [3.05, 3.63) is 0 Å². The minimum Gasteiger partial charge on any atom is -2.00 e. The van der Waals surface area contributed by atoms with Crippen LogP contribution in [0.1, 0.15) is 0 Å². The van der Waals surface area contributed by atoms with Crippen molar-refractivity contribution >= 4 is 0 Å². The average molecular weight is 142 g/mol. The van der Waals surface area contributed by atoms with Crippen LogP contribution in [0.2, 0.25) is 0 Å². The first-order valence-corrected chi connectivity index (χ1v) is 1.13. The first-order valence-electron chi connectivity index (χ1n) is 1.13. The second kappa shape index (κ2) is 18.2. The Morgan fingerprint density at radius 2 is 1.17 bits per heavy atom. The van der Waals surface area contributed by atoms with Crippen molar-refractivity contribution in [1.29, 1.82) is 0 Å². The van der Waals surface area contributed by atoms with Gasteiger partial charge < -0.3 is 15.7 Å². The molecule has 0 aromatic rings. The fourth-order valence-electron chi connectivity index (χ4n) is 0. The molecule has 1 radical (unpaired) electrons. The van der Waals surface area contributed by atoms with E-state index in [0.29, 0.717) is 0 Å². The third-order valence-electron chi connectivity index (χ3n) is 0.1000. The fraction of sp³-hybridized carbons (Fsp3) is 1.00. The van der Waals surface area contributed by atoms with E-state index in [1.165, 1.54) is 0 Å². The molecule has 4 heteroatoms. The van der Waals surface area contributed by atoms with Gasteiger partial charge in [-0.1, -0.05) is 0 Å². The van der Waals surface area contributed by atoms with Gasteiger partial charge in [-0.05, 0) is 0 Å². The Labute approximate surface area is 46.8 Å². The van der Waals surface area contributed by atoms with Crippen molar-refractivity contribution in [3.8, 4) is 0 Å². The Morgan fingerprint density at radius 3 is 1.17 bits per heavy atom. The van der Waals surface area contributed by atoms with E-state index in [4.69, 9.17) is 10.2 Å². The van der Waals surface area contributed by atoms with Crippen LogP contribution in [0.4, 0.5) is 0 Å². The number of aliphatic hydroxyl groups excluding tert-OH is 2. The summed E-state index contributed by atoms with van der Waals surface area (Å²) in [6.45, 7) is -0.250. The molecule has 0 heterocycles. The summed E-state index contributed by atoms with van der Waals surface area (Å²) >= 11 is 0. The van der Waals surface area contributed by atoms with Gasteiger partial charge in [0.05, 0.1) is 13.2 Å². The van der Waals surface area contributed by atoms with Gasteiger partial charge in [0.1, 0.15) is 0 Å². The van der Waals surface area contributed by atoms with Crippen molar-refractivity contribution in [2.24, 2.45) is 0 Å². The fourth-order valence-corrected chi connectivity index (χ4v) is 0. The zero-order valence-corrected chi connectivity index (χ0v) is 3.96. The summed E-state index contributed by atoms with van der Waals surface area (Å²) in [7, 11) is 0. The summed E-state index contributed by atoms with van der Waals surface area (Å²) in [5, 5.41) is 15.2. The van der Waals surface area contributed by atoms with E-state index in [2.05, 4.69) is 0 Å². The summed E-state index contributed by atoms with van der Waals surface area (Å²) < 4.78 is 0. The summed E-state index contributed by atoms with van der Waals surface area (Å²) in [5.41, 5.74) is 0. The third-order valence-corrected chi connectivity index (χ3v) is 0.1000. The van der Waals surface area contributed by atoms with E-state index in [1.807, 2.05) is 0 Å². The molecule has 6 heavy (non-hydrogen) atoms. The van der Waals surface area contributed by atoms with Crippen LogP contribution in [0.3, 0.4) is 0 Å². The normalized spacial score (nSPS) is 5.00. The van der Waals surface area contributed by atoms with Gasteiger partial charge in [-0.2, -0.15) is 0 Å². The molecule has 0 spiro atoms. The van der Waals surface area contributed by atoms with Crippen LogP contribution in [0.15, 0.2) is 0 Å². The monoisotopic (exact) mass is 141 g/mol. The van der Waals surface area contributed by atoms with Gasteiger partial charge in [0, 0.05) is 0 Å². The zero-order chi connectivity index (χ0) is 3.41. The molecule has 2 N–H and O–H groups in total. The van der Waals surface area contributed by atoms with Crippen molar-refractivity contribution in [1.82, 2.24) is 0 Å². The molecule has 0 atom stereocenters. The van der Waals surface area contributed by atoms with E-state index in [9.17, 15) is 0 Å². The maximum Gasteiger partial charge on any atom is 2.00 e. The Kier molecular flexibility index (Phi) is 48.8. The van der Waals surface area contributed by atoms with Crippen molar-refractivity contribution in [3.63, 3.8) is 0 Å². The predicted molar refractivity (Wildman–Crippen MR) is 14.9 cm³/mol. The maximum absolute atomic E-state index is 7.62. The van der Waals surface area contributed by atoms with Gasteiger partial charge in [0.2, 0.25) is 0 Å². The number of aliphatic hydroxyl groups is 2. The van der Waals surface area contributed by atoms with Crippen LogP contribution in [0.25, 0.3) is 0 Å². The number of rotatable bonds is 1. The predicted octanol–water partition coefficient (Wildman–Crippen LogP) is -1.15. The summed E-state index contributed by atoms with van der Waals surface area (Å²) in [6.07, 6.45) is 0. The quantitative estimate of drug-likeness (QED) is 0.453. The van der Waals surface area contributed by atoms with Gasteiger partial charge in [-0.3, -0.25) is 0 Å². The molecular weight excluding hydrogens is 136 g/mol. The van der Waals surface area contributed by atoms with E-state index in [0.717, 1.165) is 0 Å². The molecule has 0 saturated heterocycles. The second-order valence-electron chi connectivity index (χ2n) is 0.447. The SMILES string of the molecule is OCCO.[Cu+2].[O-2]. The Hall–Kier alpha value is 0.399. The van der Waals surface area contributed by atoms with E-state index >= 15 is 0 Å². The van der Waals surface area contributed by atoms with Gasteiger partial charge in [0.25, 0.3) is 0 Å². The smallest absolute Gasteiger partial charge is 2.00 e. The number of hydrogen-bond acceptors (Lipinski definition) is 2. The third kappa shape index (κ3) is 26.0. The Morgan fingerprint density at radius 1 is 1.00 bits per heavy atom. The molecule has 0 aliphatic carbocycles. The van der Waals surface area contributed by atoms with Crippen LogP contribution in [0, 0.1) is 0 Å². The first kappa shape index (κ1) is 16.1. The van der Waals surface area contributed by atoms with Crippen LogP contribution in [0.5, 0.6) is 0 Å². The summed E-state index contributed by atoms with van der Waals surface area (Å²) in [5.74, 6) is 0. The van der Waals surface area contributed by atoms with Gasteiger partial charge in [0.15, 0.2) is 0 Å². The van der Waals surface area contributed by atoms with Crippen LogP contribution >= 0.6 is 0 Å². The maximum atomic E-state index is 7.62. The van der Waals surface area contributed by atoms with E-state index in [-0.39, 0.29) is 35.8 Å². The molecule has 0 fully saturated rings. The zero-order valence-electron chi connectivity index (χ0n) is 3.02. The average Bonchev–Trinajstić information content (AvgIpc) is 1.37. The van der Waals surface area contributed by atoms with Gasteiger partial charge in [-0.15, -0.1) is 0 Å². The Bertz CT molecular complexity index is 10.8. The van der Waals surface area contributed by atoms with Crippen LogP contribution < -0.4 is 0 Å². The summed E-state index contributed by atoms with van der Waals surface area (Å²) in [4.78, 5) is 0. The molecule has 0 aromatic heterocycles. The summed E-state index contributed by atoms with van der Waals surface area (Å²) in [6, 6.07) is 0. The topological polar surface area (TPSA) is 69.0 Å². The molecule has 3 nitrogen and oxygen atoms in total. The van der Waals surface area contributed by atoms with Crippen LogP contribution in [-0.4, -0.2) is 23.4 Å². The Balaban J connectivity index is -0.0000000450. The number of hydrogen-bond donors (Lipinski definition) is 2. The molecule has 0 aliphatic heterocycles. The van der Waals surface area contributed by atoms with E-state index in [1.54, 1.807) is 0 Å². The molecule has 0 amide bonds. The molecule has 0 bridgehead atoms. The van der Waals surface area contributed by atoms with Crippen molar-refractivity contribution < 1.29 is 32.8 Å². The van der Waals surface area contributed by atoms with Gasteiger partial charge >= 0.3 is 17.1 Å². The molecule has 0 aromatic carbocycles. The molecular formula is C2H6CuO3. The first-order chi connectivity index (χ1) is 1.91. The standard InChI is InChI=1S/C2H6O2.Cu.O/c3-1-2-4;;/h3-4H,1-2H2;;/q;+2;-2.